The summed E-state index contributed by atoms with van der Waals surface area (Å²) in [6.07, 6.45) is 3.50. The highest BCUT2D eigenvalue weighted by Gasteiger charge is 2.26. The summed E-state index contributed by atoms with van der Waals surface area (Å²) < 4.78 is 0. The van der Waals surface area contributed by atoms with Gasteiger partial charge in [0.15, 0.2) is 0 Å². The molecule has 0 amide bonds. The van der Waals surface area contributed by atoms with Crippen molar-refractivity contribution in [2.24, 2.45) is 5.41 Å². The molecule has 1 aliphatic rings. The fraction of sp³-hybridized carbons (Fsp3) is 0.688. The third-order valence-corrected chi connectivity index (χ3v) is 4.02. The molecule has 0 aromatic carbocycles. The van der Waals surface area contributed by atoms with Gasteiger partial charge in [0.25, 0.3) is 0 Å². The van der Waals surface area contributed by atoms with Crippen molar-refractivity contribution < 1.29 is 5.11 Å². The number of hydrogen-bond acceptors (Lipinski definition) is 4. The van der Waals surface area contributed by atoms with Gasteiger partial charge in [-0.15, -0.1) is 0 Å². The molecular weight excluding hydrogens is 250 g/mol. The molecule has 0 saturated carbocycles. The molecule has 0 spiro atoms. The number of nitrogens with zero attached hydrogens (tertiary/aromatic N) is 3. The molecule has 20 heavy (non-hydrogen) atoms. The van der Waals surface area contributed by atoms with E-state index >= 15 is 0 Å². The molecule has 1 aromatic rings. The number of rotatable bonds is 4. The van der Waals surface area contributed by atoms with Crippen molar-refractivity contribution >= 4 is 0 Å². The highest BCUT2D eigenvalue weighted by atomic mass is 16.3. The zero-order valence-electron chi connectivity index (χ0n) is 12.9. The van der Waals surface area contributed by atoms with Crippen LogP contribution in [0, 0.1) is 5.41 Å². The molecule has 0 radical (unpaired) electrons. The molecule has 1 fully saturated rings. The third kappa shape index (κ3) is 4.54. The van der Waals surface area contributed by atoms with Crippen molar-refractivity contribution in [3.8, 4) is 0 Å². The quantitative estimate of drug-likeness (QED) is 0.907. The summed E-state index contributed by atoms with van der Waals surface area (Å²) in [5.74, 6) is 0. The highest BCUT2D eigenvalue weighted by molar-refractivity contribution is 5.08. The lowest BCUT2D eigenvalue weighted by atomic mass is 9.89. The zero-order valence-corrected chi connectivity index (χ0v) is 12.9. The van der Waals surface area contributed by atoms with Gasteiger partial charge in [0.1, 0.15) is 0 Å². The molecule has 4 nitrogen and oxygen atoms in total. The Balaban J connectivity index is 1.75. The van der Waals surface area contributed by atoms with Gasteiger partial charge in [-0.05, 0) is 17.0 Å². The van der Waals surface area contributed by atoms with Gasteiger partial charge in [0.05, 0.1) is 6.10 Å². The van der Waals surface area contributed by atoms with E-state index in [-0.39, 0.29) is 11.5 Å². The largest absolute Gasteiger partial charge is 0.391 e. The molecule has 1 aliphatic heterocycles. The van der Waals surface area contributed by atoms with Crippen LogP contribution in [0.3, 0.4) is 0 Å². The Morgan fingerprint density at radius 2 is 1.85 bits per heavy atom. The van der Waals surface area contributed by atoms with Crippen LogP contribution in [0.1, 0.15) is 26.3 Å². The Morgan fingerprint density at radius 1 is 1.20 bits per heavy atom. The van der Waals surface area contributed by atoms with Crippen molar-refractivity contribution in [3.05, 3.63) is 30.1 Å². The third-order valence-electron chi connectivity index (χ3n) is 4.02. The second-order valence-electron chi connectivity index (χ2n) is 6.82. The molecule has 1 saturated heterocycles. The summed E-state index contributed by atoms with van der Waals surface area (Å²) in [7, 11) is 0. The van der Waals surface area contributed by atoms with E-state index in [1.807, 2.05) is 18.5 Å². The van der Waals surface area contributed by atoms with Crippen LogP contribution in [0.5, 0.6) is 0 Å². The lowest BCUT2D eigenvalue weighted by Gasteiger charge is -2.38. The predicted molar refractivity (Wildman–Crippen MR) is 81.4 cm³/mol. The van der Waals surface area contributed by atoms with Crippen molar-refractivity contribution in [1.82, 2.24) is 14.8 Å². The maximum absolute atomic E-state index is 10.2. The van der Waals surface area contributed by atoms with Crippen LogP contribution in [0.15, 0.2) is 24.5 Å². The number of hydrogen-bond donors (Lipinski definition) is 1. The van der Waals surface area contributed by atoms with Gasteiger partial charge in [-0.3, -0.25) is 14.8 Å². The smallest absolute Gasteiger partial charge is 0.0715 e. The molecule has 0 bridgehead atoms. The van der Waals surface area contributed by atoms with Gasteiger partial charge in [-0.1, -0.05) is 26.8 Å². The van der Waals surface area contributed by atoms with Crippen LogP contribution in [0.4, 0.5) is 0 Å². The molecule has 4 heteroatoms. The van der Waals surface area contributed by atoms with Crippen LogP contribution in [-0.2, 0) is 6.54 Å². The average molecular weight is 277 g/mol. The summed E-state index contributed by atoms with van der Waals surface area (Å²) in [4.78, 5) is 8.99. The summed E-state index contributed by atoms with van der Waals surface area (Å²) in [5, 5.41) is 10.2. The number of β-amino-alcohol motifs (C(OH)–C–C–N with tert-alkyl or cyclic N) is 1. The minimum Gasteiger partial charge on any atom is -0.391 e. The van der Waals surface area contributed by atoms with E-state index in [9.17, 15) is 5.11 Å². The normalized spacial score (nSPS) is 20.0. The van der Waals surface area contributed by atoms with E-state index in [2.05, 4.69) is 41.6 Å². The monoisotopic (exact) mass is 277 g/mol. The SMILES string of the molecule is CC(C)(C)[C@H](O)CN1CCN(Cc2cccnc2)CC1. The number of piperazine rings is 1. The van der Waals surface area contributed by atoms with Gasteiger partial charge in [-0.25, -0.2) is 0 Å². The molecule has 0 aliphatic carbocycles. The first-order valence-corrected chi connectivity index (χ1v) is 7.47. The summed E-state index contributed by atoms with van der Waals surface area (Å²) in [6, 6.07) is 4.12. The standard InChI is InChI=1S/C16H27N3O/c1-16(2,3)15(20)13-19-9-7-18(8-10-19)12-14-5-4-6-17-11-14/h4-6,11,15,20H,7-10,12-13H2,1-3H3/t15-/m1/s1. The summed E-state index contributed by atoms with van der Waals surface area (Å²) in [5.41, 5.74) is 1.24. The van der Waals surface area contributed by atoms with Crippen molar-refractivity contribution in [1.29, 1.82) is 0 Å². The first-order valence-electron chi connectivity index (χ1n) is 7.47. The second-order valence-corrected chi connectivity index (χ2v) is 6.82. The molecule has 1 aromatic heterocycles. The molecule has 2 heterocycles. The number of aliphatic hydroxyl groups excluding tert-OH is 1. The van der Waals surface area contributed by atoms with E-state index in [1.165, 1.54) is 5.56 Å². The zero-order chi connectivity index (χ0) is 14.6. The highest BCUT2D eigenvalue weighted by Crippen LogP contribution is 2.20. The maximum atomic E-state index is 10.2. The van der Waals surface area contributed by atoms with Gasteiger partial charge in [-0.2, -0.15) is 0 Å². The summed E-state index contributed by atoms with van der Waals surface area (Å²) >= 11 is 0. The number of aromatic nitrogens is 1. The fourth-order valence-corrected chi connectivity index (χ4v) is 2.40. The van der Waals surface area contributed by atoms with E-state index in [0.29, 0.717) is 0 Å². The average Bonchev–Trinajstić information content (AvgIpc) is 2.41. The number of aliphatic hydroxyl groups is 1. The Morgan fingerprint density at radius 3 is 2.40 bits per heavy atom. The predicted octanol–water partition coefficient (Wildman–Crippen LogP) is 1.61. The minimum absolute atomic E-state index is 0.0349. The van der Waals surface area contributed by atoms with Gasteiger partial charge in [0.2, 0.25) is 0 Å². The first-order chi connectivity index (χ1) is 9.45. The van der Waals surface area contributed by atoms with Crippen LogP contribution in [0.25, 0.3) is 0 Å². The van der Waals surface area contributed by atoms with Gasteiger partial charge in [0, 0.05) is 51.7 Å². The molecule has 112 valence electrons. The van der Waals surface area contributed by atoms with Crippen LogP contribution >= 0.6 is 0 Å². The Labute approximate surface area is 122 Å². The Hall–Kier alpha value is -0.970. The van der Waals surface area contributed by atoms with Gasteiger partial charge >= 0.3 is 0 Å². The van der Waals surface area contributed by atoms with Crippen molar-refractivity contribution in [2.75, 3.05) is 32.7 Å². The molecule has 1 atom stereocenters. The molecular formula is C16H27N3O. The fourth-order valence-electron chi connectivity index (χ4n) is 2.40. The number of pyridine rings is 1. The Kier molecular flexibility index (Phi) is 5.13. The Bertz CT molecular complexity index is 394. The van der Waals surface area contributed by atoms with E-state index in [1.54, 1.807) is 0 Å². The summed E-state index contributed by atoms with van der Waals surface area (Å²) in [6.45, 7) is 12.2. The topological polar surface area (TPSA) is 39.6 Å². The lowest BCUT2D eigenvalue weighted by molar-refractivity contribution is 0.0125. The lowest BCUT2D eigenvalue weighted by Crippen LogP contribution is -2.49. The van der Waals surface area contributed by atoms with E-state index < -0.39 is 0 Å². The maximum Gasteiger partial charge on any atom is 0.0715 e. The van der Waals surface area contributed by atoms with Crippen LogP contribution in [0.2, 0.25) is 0 Å². The molecule has 2 rings (SSSR count). The van der Waals surface area contributed by atoms with Crippen molar-refractivity contribution in [3.63, 3.8) is 0 Å². The first kappa shape index (κ1) is 15.4. The van der Waals surface area contributed by atoms with Crippen LogP contribution < -0.4 is 0 Å². The molecule has 1 N–H and O–H groups in total. The van der Waals surface area contributed by atoms with Gasteiger partial charge < -0.3 is 5.11 Å². The van der Waals surface area contributed by atoms with E-state index in [4.69, 9.17) is 0 Å². The minimum atomic E-state index is -0.257. The second kappa shape index (κ2) is 6.66. The van der Waals surface area contributed by atoms with Crippen molar-refractivity contribution in [2.45, 2.75) is 33.4 Å². The molecule has 0 unspecified atom stereocenters. The van der Waals surface area contributed by atoms with E-state index in [0.717, 1.165) is 39.3 Å². The van der Waals surface area contributed by atoms with Crippen LogP contribution in [-0.4, -0.2) is 58.7 Å².